The molecule has 1 aliphatic heterocycles. The van der Waals surface area contributed by atoms with E-state index in [4.69, 9.17) is 10.3 Å². The number of benzene rings is 1. The standard InChI is InChI=1S/C18H22N4O2/c19-16(23)13-5-3-12(4-6-13)10-22-9-1-2-15(11-22)17-20-18(24-21-17)14-7-8-14/h3-6,14-15H,1-2,7-11H2,(H2,19,23)/t15-/m1/s1. The summed E-state index contributed by atoms with van der Waals surface area (Å²) in [4.78, 5) is 18.2. The Bertz CT molecular complexity index is 721. The fourth-order valence-electron chi connectivity index (χ4n) is 3.35. The van der Waals surface area contributed by atoms with Crippen molar-refractivity contribution in [3.05, 3.63) is 47.1 Å². The number of amides is 1. The summed E-state index contributed by atoms with van der Waals surface area (Å²) in [7, 11) is 0. The van der Waals surface area contributed by atoms with Gasteiger partial charge in [0.15, 0.2) is 5.82 Å². The number of aromatic nitrogens is 2. The van der Waals surface area contributed by atoms with Crippen LogP contribution in [0.1, 0.15) is 65.2 Å². The molecule has 2 aromatic rings. The Balaban J connectivity index is 1.39. The smallest absolute Gasteiger partial charge is 0.248 e. The largest absolute Gasteiger partial charge is 0.366 e. The summed E-state index contributed by atoms with van der Waals surface area (Å²) in [6.45, 7) is 2.88. The second-order valence-electron chi connectivity index (χ2n) is 6.90. The molecule has 0 bridgehead atoms. The fourth-order valence-corrected chi connectivity index (χ4v) is 3.35. The van der Waals surface area contributed by atoms with Gasteiger partial charge in [0.25, 0.3) is 0 Å². The highest BCUT2D eigenvalue weighted by Crippen LogP contribution is 2.39. The predicted octanol–water partition coefficient (Wildman–Crippen LogP) is 2.43. The van der Waals surface area contributed by atoms with Crippen LogP contribution in [0, 0.1) is 0 Å². The van der Waals surface area contributed by atoms with Crippen LogP contribution >= 0.6 is 0 Å². The van der Waals surface area contributed by atoms with Crippen LogP contribution in [0.2, 0.25) is 0 Å². The maximum atomic E-state index is 11.1. The van der Waals surface area contributed by atoms with Gasteiger partial charge in [0, 0.05) is 30.5 Å². The van der Waals surface area contributed by atoms with Crippen LogP contribution in [0.3, 0.4) is 0 Å². The fraction of sp³-hybridized carbons (Fsp3) is 0.500. The highest BCUT2D eigenvalue weighted by Gasteiger charge is 2.32. The lowest BCUT2D eigenvalue weighted by Crippen LogP contribution is -2.34. The van der Waals surface area contributed by atoms with Gasteiger partial charge in [-0.1, -0.05) is 17.3 Å². The van der Waals surface area contributed by atoms with Crippen molar-refractivity contribution < 1.29 is 9.32 Å². The molecule has 4 rings (SSSR count). The number of carbonyl (C=O) groups excluding carboxylic acids is 1. The Morgan fingerprint density at radius 2 is 2.00 bits per heavy atom. The second kappa shape index (κ2) is 6.36. The normalized spacial score (nSPS) is 21.8. The average molecular weight is 326 g/mol. The molecular formula is C18H22N4O2. The minimum absolute atomic E-state index is 0.347. The first-order chi connectivity index (χ1) is 11.7. The highest BCUT2D eigenvalue weighted by atomic mass is 16.5. The number of hydrogen-bond acceptors (Lipinski definition) is 5. The molecule has 6 heteroatoms. The SMILES string of the molecule is NC(=O)c1ccc(CN2CCC[C@@H](c3noc(C4CC4)n3)C2)cc1. The van der Waals surface area contributed by atoms with Gasteiger partial charge in [-0.25, -0.2) is 0 Å². The van der Waals surface area contributed by atoms with Gasteiger partial charge in [0.1, 0.15) is 0 Å². The molecule has 1 aromatic heterocycles. The summed E-state index contributed by atoms with van der Waals surface area (Å²) in [6.07, 6.45) is 4.61. The van der Waals surface area contributed by atoms with E-state index in [1.807, 2.05) is 12.1 Å². The zero-order chi connectivity index (χ0) is 16.5. The minimum atomic E-state index is -0.386. The van der Waals surface area contributed by atoms with Gasteiger partial charge < -0.3 is 10.3 Å². The van der Waals surface area contributed by atoms with Crippen LogP contribution in [-0.4, -0.2) is 34.0 Å². The molecule has 24 heavy (non-hydrogen) atoms. The van der Waals surface area contributed by atoms with Crippen molar-refractivity contribution in [2.75, 3.05) is 13.1 Å². The zero-order valence-corrected chi connectivity index (χ0v) is 13.6. The molecule has 2 aliphatic rings. The summed E-state index contributed by atoms with van der Waals surface area (Å²) in [5, 5.41) is 4.21. The quantitative estimate of drug-likeness (QED) is 0.912. The van der Waals surface area contributed by atoms with Crippen LogP contribution < -0.4 is 5.73 Å². The van der Waals surface area contributed by atoms with E-state index >= 15 is 0 Å². The predicted molar refractivity (Wildman–Crippen MR) is 88.5 cm³/mol. The van der Waals surface area contributed by atoms with Gasteiger partial charge in [-0.05, 0) is 49.9 Å². The summed E-state index contributed by atoms with van der Waals surface area (Å²) in [5.74, 6) is 2.16. The zero-order valence-electron chi connectivity index (χ0n) is 13.6. The molecule has 0 unspecified atom stereocenters. The van der Waals surface area contributed by atoms with Crippen LogP contribution in [-0.2, 0) is 6.54 Å². The Morgan fingerprint density at radius 1 is 1.21 bits per heavy atom. The third-order valence-electron chi connectivity index (χ3n) is 4.90. The number of rotatable bonds is 5. The minimum Gasteiger partial charge on any atom is -0.366 e. The first kappa shape index (κ1) is 15.3. The molecule has 1 saturated heterocycles. The molecule has 0 radical (unpaired) electrons. The van der Waals surface area contributed by atoms with Crippen LogP contribution in [0.5, 0.6) is 0 Å². The van der Waals surface area contributed by atoms with E-state index in [9.17, 15) is 4.79 Å². The van der Waals surface area contributed by atoms with Crippen molar-refractivity contribution in [3.63, 3.8) is 0 Å². The summed E-state index contributed by atoms with van der Waals surface area (Å²) in [6, 6.07) is 7.53. The molecule has 126 valence electrons. The lowest BCUT2D eigenvalue weighted by atomic mass is 9.97. The highest BCUT2D eigenvalue weighted by molar-refractivity contribution is 5.92. The lowest BCUT2D eigenvalue weighted by molar-refractivity contribution is 0.100. The van der Waals surface area contributed by atoms with Gasteiger partial charge in [-0.2, -0.15) is 4.98 Å². The maximum absolute atomic E-state index is 11.1. The van der Waals surface area contributed by atoms with E-state index < -0.39 is 0 Å². The van der Waals surface area contributed by atoms with Crippen molar-refractivity contribution in [2.45, 2.75) is 44.1 Å². The van der Waals surface area contributed by atoms with E-state index in [-0.39, 0.29) is 5.91 Å². The van der Waals surface area contributed by atoms with Gasteiger partial charge in [-0.3, -0.25) is 9.69 Å². The number of primary amides is 1. The van der Waals surface area contributed by atoms with Crippen molar-refractivity contribution in [1.82, 2.24) is 15.0 Å². The molecule has 2 fully saturated rings. The monoisotopic (exact) mass is 326 g/mol. The van der Waals surface area contributed by atoms with Crippen molar-refractivity contribution in [3.8, 4) is 0 Å². The number of nitrogens with two attached hydrogens (primary N) is 1. The lowest BCUT2D eigenvalue weighted by Gasteiger charge is -2.31. The summed E-state index contributed by atoms with van der Waals surface area (Å²) in [5.41, 5.74) is 7.02. The second-order valence-corrected chi connectivity index (χ2v) is 6.90. The Hall–Kier alpha value is -2.21. The molecule has 1 aromatic carbocycles. The molecule has 0 spiro atoms. The Kier molecular flexibility index (Phi) is 4.06. The number of likely N-dealkylation sites (tertiary alicyclic amines) is 1. The van der Waals surface area contributed by atoms with E-state index in [1.165, 1.54) is 18.4 Å². The average Bonchev–Trinajstić information content (AvgIpc) is 3.33. The summed E-state index contributed by atoms with van der Waals surface area (Å²) >= 11 is 0. The molecular weight excluding hydrogens is 304 g/mol. The van der Waals surface area contributed by atoms with Crippen molar-refractivity contribution in [2.24, 2.45) is 5.73 Å². The third kappa shape index (κ3) is 3.33. The van der Waals surface area contributed by atoms with E-state index in [0.717, 1.165) is 44.2 Å². The molecule has 2 heterocycles. The van der Waals surface area contributed by atoms with E-state index in [2.05, 4.69) is 15.0 Å². The number of piperidine rings is 1. The number of hydrogen-bond donors (Lipinski definition) is 1. The Labute approximate surface area is 141 Å². The van der Waals surface area contributed by atoms with Gasteiger partial charge >= 0.3 is 0 Å². The number of nitrogens with zero attached hydrogens (tertiary/aromatic N) is 3. The Morgan fingerprint density at radius 3 is 2.71 bits per heavy atom. The molecule has 1 atom stereocenters. The van der Waals surface area contributed by atoms with E-state index in [0.29, 0.717) is 17.4 Å². The van der Waals surface area contributed by atoms with E-state index in [1.54, 1.807) is 12.1 Å². The van der Waals surface area contributed by atoms with Crippen molar-refractivity contribution in [1.29, 1.82) is 0 Å². The maximum Gasteiger partial charge on any atom is 0.248 e. The molecule has 1 amide bonds. The molecule has 1 aliphatic carbocycles. The molecule has 6 nitrogen and oxygen atoms in total. The van der Waals surface area contributed by atoms with Crippen LogP contribution in [0.4, 0.5) is 0 Å². The van der Waals surface area contributed by atoms with Gasteiger partial charge in [-0.15, -0.1) is 0 Å². The first-order valence-corrected chi connectivity index (χ1v) is 8.63. The van der Waals surface area contributed by atoms with Crippen molar-refractivity contribution >= 4 is 5.91 Å². The molecule has 2 N–H and O–H groups in total. The number of carbonyl (C=O) groups is 1. The first-order valence-electron chi connectivity index (χ1n) is 8.63. The third-order valence-corrected chi connectivity index (χ3v) is 4.90. The van der Waals surface area contributed by atoms with Crippen LogP contribution in [0.25, 0.3) is 0 Å². The molecule has 1 saturated carbocycles. The van der Waals surface area contributed by atoms with Gasteiger partial charge in [0.05, 0.1) is 0 Å². The topological polar surface area (TPSA) is 85.3 Å². The summed E-state index contributed by atoms with van der Waals surface area (Å²) < 4.78 is 5.41. The van der Waals surface area contributed by atoms with Gasteiger partial charge in [0.2, 0.25) is 11.8 Å². The van der Waals surface area contributed by atoms with Crippen LogP contribution in [0.15, 0.2) is 28.8 Å².